The predicted molar refractivity (Wildman–Crippen MR) is 130 cm³/mol. The van der Waals surface area contributed by atoms with Crippen LogP contribution < -0.4 is 10.6 Å². The summed E-state index contributed by atoms with van der Waals surface area (Å²) in [5.41, 5.74) is 3.19. The fourth-order valence-corrected chi connectivity index (χ4v) is 5.21. The Morgan fingerprint density at radius 3 is 2.29 bits per heavy atom. The van der Waals surface area contributed by atoms with Gasteiger partial charge in [-0.15, -0.1) is 0 Å². The van der Waals surface area contributed by atoms with Gasteiger partial charge in [0, 0.05) is 24.9 Å². The summed E-state index contributed by atoms with van der Waals surface area (Å²) >= 11 is 0. The number of benzene rings is 2. The highest BCUT2D eigenvalue weighted by Gasteiger charge is 2.31. The van der Waals surface area contributed by atoms with Crippen molar-refractivity contribution in [3.8, 4) is 11.1 Å². The number of carboxylic acids is 1. The molecule has 186 valence electrons. The highest BCUT2D eigenvalue weighted by molar-refractivity contribution is 5.79. The third-order valence-electron chi connectivity index (χ3n) is 6.88. The van der Waals surface area contributed by atoms with Crippen molar-refractivity contribution < 1.29 is 29.3 Å². The molecule has 0 radical (unpaired) electrons. The standard InChI is InChI=1S/C27H32N2O6/c1-27(34,14-25(31)32)16-28-24(30)13-17-10-11-18(12-17)29-26(33)35-15-23-21-8-4-2-6-19(21)20-7-3-5-9-22(20)23/h2-9,17-18,23,34H,10-16H2,1H3,(H,28,30)(H,29,33)(H,31,32). The van der Waals surface area contributed by atoms with Crippen molar-refractivity contribution in [1.82, 2.24) is 10.6 Å². The third-order valence-corrected chi connectivity index (χ3v) is 6.88. The van der Waals surface area contributed by atoms with E-state index in [4.69, 9.17) is 9.84 Å². The molecule has 0 spiro atoms. The number of amides is 2. The van der Waals surface area contributed by atoms with Crippen LogP contribution in [0, 0.1) is 5.92 Å². The zero-order chi connectivity index (χ0) is 25.0. The van der Waals surface area contributed by atoms with Gasteiger partial charge in [-0.25, -0.2) is 4.79 Å². The second kappa shape index (κ2) is 10.5. The lowest BCUT2D eigenvalue weighted by molar-refractivity contribution is -0.142. The lowest BCUT2D eigenvalue weighted by Crippen LogP contribution is -2.42. The van der Waals surface area contributed by atoms with E-state index >= 15 is 0 Å². The number of fused-ring (bicyclic) bond motifs is 3. The number of aliphatic carboxylic acids is 1. The molecule has 0 aliphatic heterocycles. The van der Waals surface area contributed by atoms with Crippen LogP contribution in [-0.2, 0) is 14.3 Å². The van der Waals surface area contributed by atoms with E-state index in [1.807, 2.05) is 24.3 Å². The molecule has 2 amide bonds. The topological polar surface area (TPSA) is 125 Å². The van der Waals surface area contributed by atoms with E-state index in [1.165, 1.54) is 18.1 Å². The molecule has 8 heteroatoms. The van der Waals surface area contributed by atoms with E-state index in [9.17, 15) is 19.5 Å². The fraction of sp³-hybridized carbons (Fsp3) is 0.444. The van der Waals surface area contributed by atoms with Crippen molar-refractivity contribution >= 4 is 18.0 Å². The van der Waals surface area contributed by atoms with Gasteiger partial charge in [0.05, 0.1) is 12.0 Å². The van der Waals surface area contributed by atoms with Crippen LogP contribution in [0.2, 0.25) is 0 Å². The number of carboxylic acid groups (broad SMARTS) is 1. The maximum Gasteiger partial charge on any atom is 0.407 e. The predicted octanol–water partition coefficient (Wildman–Crippen LogP) is 3.43. The minimum Gasteiger partial charge on any atom is -0.481 e. The van der Waals surface area contributed by atoms with Gasteiger partial charge < -0.3 is 25.6 Å². The minimum atomic E-state index is -1.49. The van der Waals surface area contributed by atoms with E-state index in [1.54, 1.807) is 0 Å². The largest absolute Gasteiger partial charge is 0.481 e. The lowest BCUT2D eigenvalue weighted by Gasteiger charge is -2.22. The molecule has 35 heavy (non-hydrogen) atoms. The Bertz CT molecular complexity index is 1050. The van der Waals surface area contributed by atoms with Crippen LogP contribution >= 0.6 is 0 Å². The molecule has 3 atom stereocenters. The molecule has 2 aliphatic rings. The van der Waals surface area contributed by atoms with Gasteiger partial charge >= 0.3 is 12.1 Å². The molecule has 0 bridgehead atoms. The Hall–Kier alpha value is -3.39. The summed E-state index contributed by atoms with van der Waals surface area (Å²) < 4.78 is 5.62. The van der Waals surface area contributed by atoms with Gasteiger partial charge in [-0.1, -0.05) is 48.5 Å². The Morgan fingerprint density at radius 1 is 1.03 bits per heavy atom. The Labute approximate surface area is 204 Å². The average Bonchev–Trinajstić information content (AvgIpc) is 3.37. The number of carbonyl (C=O) groups is 3. The normalized spacial score (nSPS) is 20.4. The first-order valence-electron chi connectivity index (χ1n) is 12.0. The molecule has 0 heterocycles. The molecule has 2 aliphatic carbocycles. The molecule has 0 saturated heterocycles. The summed E-state index contributed by atoms with van der Waals surface area (Å²) in [6.45, 7) is 1.52. The van der Waals surface area contributed by atoms with Crippen LogP contribution in [0.3, 0.4) is 0 Å². The van der Waals surface area contributed by atoms with Crippen molar-refractivity contribution in [1.29, 1.82) is 0 Å². The first kappa shape index (κ1) is 24.7. The van der Waals surface area contributed by atoms with Crippen molar-refractivity contribution in [3.63, 3.8) is 0 Å². The van der Waals surface area contributed by atoms with Gasteiger partial charge in [0.25, 0.3) is 0 Å². The van der Waals surface area contributed by atoms with Gasteiger partial charge in [-0.3, -0.25) is 9.59 Å². The Morgan fingerprint density at radius 2 is 1.66 bits per heavy atom. The maximum absolute atomic E-state index is 12.5. The molecule has 1 fully saturated rings. The Balaban J connectivity index is 1.22. The third kappa shape index (κ3) is 6.19. The summed E-state index contributed by atoms with van der Waals surface area (Å²) in [6, 6.07) is 16.3. The summed E-state index contributed by atoms with van der Waals surface area (Å²) in [7, 11) is 0. The number of rotatable bonds is 9. The fourth-order valence-electron chi connectivity index (χ4n) is 5.21. The molecule has 0 aromatic heterocycles. The van der Waals surface area contributed by atoms with E-state index < -0.39 is 24.1 Å². The molecule has 1 saturated carbocycles. The van der Waals surface area contributed by atoms with Crippen molar-refractivity contribution in [3.05, 3.63) is 59.7 Å². The van der Waals surface area contributed by atoms with Gasteiger partial charge in [0.2, 0.25) is 5.91 Å². The first-order valence-corrected chi connectivity index (χ1v) is 12.0. The van der Waals surface area contributed by atoms with Crippen LogP contribution in [0.5, 0.6) is 0 Å². The minimum absolute atomic E-state index is 0.00603. The number of alkyl carbamates (subject to hydrolysis) is 1. The average molecular weight is 481 g/mol. The number of carbonyl (C=O) groups excluding carboxylic acids is 2. The summed E-state index contributed by atoms with van der Waals surface area (Å²) in [5.74, 6) is -1.24. The van der Waals surface area contributed by atoms with E-state index in [-0.39, 0.29) is 43.4 Å². The van der Waals surface area contributed by atoms with Crippen LogP contribution in [-0.4, -0.2) is 53.0 Å². The van der Waals surface area contributed by atoms with E-state index in [0.717, 1.165) is 24.0 Å². The van der Waals surface area contributed by atoms with Gasteiger partial charge in [-0.2, -0.15) is 0 Å². The summed E-state index contributed by atoms with van der Waals surface area (Å²) in [4.78, 5) is 35.5. The van der Waals surface area contributed by atoms with Crippen LogP contribution in [0.1, 0.15) is 56.1 Å². The molecule has 3 unspecified atom stereocenters. The zero-order valence-corrected chi connectivity index (χ0v) is 19.8. The monoisotopic (exact) mass is 480 g/mol. The molecule has 2 aromatic rings. The number of nitrogens with one attached hydrogen (secondary N) is 2. The molecule has 4 N–H and O–H groups in total. The SMILES string of the molecule is CC(O)(CNC(=O)CC1CCC(NC(=O)OCC2c3ccccc3-c3ccccc32)C1)CC(=O)O. The summed E-state index contributed by atoms with van der Waals surface area (Å²) in [5, 5.41) is 24.4. The van der Waals surface area contributed by atoms with Crippen LogP contribution in [0.15, 0.2) is 48.5 Å². The van der Waals surface area contributed by atoms with Gasteiger partial charge in [0.15, 0.2) is 0 Å². The van der Waals surface area contributed by atoms with Crippen molar-refractivity contribution in [2.24, 2.45) is 5.92 Å². The number of ether oxygens (including phenoxy) is 1. The van der Waals surface area contributed by atoms with Crippen molar-refractivity contribution in [2.45, 2.75) is 56.6 Å². The molecule has 2 aromatic carbocycles. The highest BCUT2D eigenvalue weighted by Crippen LogP contribution is 2.44. The summed E-state index contributed by atoms with van der Waals surface area (Å²) in [6.07, 6.45) is 1.61. The van der Waals surface area contributed by atoms with Crippen LogP contribution in [0.4, 0.5) is 4.79 Å². The quantitative estimate of drug-likeness (QED) is 0.436. The lowest BCUT2D eigenvalue weighted by atomic mass is 9.98. The van der Waals surface area contributed by atoms with E-state index in [0.29, 0.717) is 6.42 Å². The zero-order valence-electron chi connectivity index (χ0n) is 19.8. The van der Waals surface area contributed by atoms with Crippen molar-refractivity contribution in [2.75, 3.05) is 13.2 Å². The van der Waals surface area contributed by atoms with Gasteiger partial charge in [-0.05, 0) is 54.4 Å². The number of hydrogen-bond donors (Lipinski definition) is 4. The first-order chi connectivity index (χ1) is 16.7. The number of aliphatic hydroxyl groups is 1. The highest BCUT2D eigenvalue weighted by atomic mass is 16.5. The van der Waals surface area contributed by atoms with Crippen LogP contribution in [0.25, 0.3) is 11.1 Å². The molecular formula is C27H32N2O6. The molecular weight excluding hydrogens is 448 g/mol. The maximum atomic E-state index is 12.5. The van der Waals surface area contributed by atoms with E-state index in [2.05, 4.69) is 34.9 Å². The van der Waals surface area contributed by atoms with Gasteiger partial charge in [0.1, 0.15) is 6.61 Å². The number of hydrogen-bond acceptors (Lipinski definition) is 5. The second-order valence-electron chi connectivity index (χ2n) is 9.89. The molecule has 8 nitrogen and oxygen atoms in total. The molecule has 4 rings (SSSR count). The Kier molecular flexibility index (Phi) is 7.40. The second-order valence-corrected chi connectivity index (χ2v) is 9.89. The smallest absolute Gasteiger partial charge is 0.407 e.